The zero-order valence-corrected chi connectivity index (χ0v) is 20.6. The Morgan fingerprint density at radius 1 is 1.00 bits per heavy atom. The second-order valence-electron chi connectivity index (χ2n) is 7.31. The Morgan fingerprint density at radius 3 is 2.33 bits per heavy atom. The van der Waals surface area contributed by atoms with Crippen molar-refractivity contribution in [2.24, 2.45) is 5.92 Å². The molecule has 184 valence electrons. The van der Waals surface area contributed by atoms with Crippen molar-refractivity contribution in [3.8, 4) is 0 Å². The molecule has 0 aromatic rings. The Kier molecular flexibility index (Phi) is 15.3. The van der Waals surface area contributed by atoms with Crippen LogP contribution in [0.1, 0.15) is 39.0 Å². The maximum absolute atomic E-state index is 11.7. The minimum atomic E-state index is -0.411. The van der Waals surface area contributed by atoms with Crippen LogP contribution in [0.25, 0.3) is 0 Å². The molecule has 1 aliphatic rings. The van der Waals surface area contributed by atoms with E-state index < -0.39 is 11.8 Å². The molecule has 1 unspecified atom stereocenters. The van der Waals surface area contributed by atoms with E-state index in [1.54, 1.807) is 0 Å². The summed E-state index contributed by atoms with van der Waals surface area (Å²) < 4.78 is 10.6. The summed E-state index contributed by atoms with van der Waals surface area (Å²) in [6.45, 7) is 3.58. The van der Waals surface area contributed by atoms with Crippen molar-refractivity contribution in [3.05, 3.63) is 12.2 Å². The first kappa shape index (κ1) is 29.0. The molecule has 1 heterocycles. The van der Waals surface area contributed by atoms with E-state index in [4.69, 9.17) is 21.3 Å². The Balaban J connectivity index is 1.91. The van der Waals surface area contributed by atoms with Gasteiger partial charge in [0, 0.05) is 44.1 Å². The van der Waals surface area contributed by atoms with Gasteiger partial charge in [0.15, 0.2) is 5.52 Å². The summed E-state index contributed by atoms with van der Waals surface area (Å²) in [6, 6.07) is 0. The Labute approximate surface area is 200 Å². The summed E-state index contributed by atoms with van der Waals surface area (Å²) in [5.41, 5.74) is 0.0974. The molecule has 0 aromatic heterocycles. The zero-order valence-electron chi connectivity index (χ0n) is 18.9. The zero-order chi connectivity index (χ0) is 24.5. The Morgan fingerprint density at radius 2 is 1.67 bits per heavy atom. The maximum Gasteiger partial charge on any atom is 0.253 e. The minimum Gasteiger partial charge on any atom is -0.377 e. The number of rotatable bonds is 19. The molecule has 33 heavy (non-hydrogen) atoms. The molecule has 0 radical (unpaired) electrons. The largest absolute Gasteiger partial charge is 0.377 e. The molecular formula is C21H32N3O7PS. The Hall–Kier alpha value is -2.07. The molecular weight excluding hydrogens is 469 g/mol. The quantitative estimate of drug-likeness (QED) is 0.150. The molecule has 0 fully saturated rings. The summed E-state index contributed by atoms with van der Waals surface area (Å²) in [4.78, 5) is 58.8. The number of amides is 4. The van der Waals surface area contributed by atoms with Crippen LogP contribution >= 0.6 is 7.36 Å². The average Bonchev–Trinajstić information content (AvgIpc) is 3.13. The molecule has 0 saturated heterocycles. The molecule has 4 amide bonds. The van der Waals surface area contributed by atoms with Gasteiger partial charge in [-0.1, -0.05) is 13.3 Å². The van der Waals surface area contributed by atoms with Gasteiger partial charge in [0.25, 0.3) is 11.8 Å². The highest BCUT2D eigenvalue weighted by molar-refractivity contribution is 8.03. The third-order valence-electron chi connectivity index (χ3n) is 4.87. The van der Waals surface area contributed by atoms with E-state index >= 15 is 0 Å². The highest BCUT2D eigenvalue weighted by atomic mass is 32.4. The average molecular weight is 502 g/mol. The van der Waals surface area contributed by atoms with Gasteiger partial charge in [-0.05, 0) is 31.1 Å². The molecule has 1 atom stereocenters. The van der Waals surface area contributed by atoms with E-state index in [2.05, 4.69) is 10.6 Å². The van der Waals surface area contributed by atoms with Crippen LogP contribution in [0.4, 0.5) is 0 Å². The van der Waals surface area contributed by atoms with Crippen LogP contribution in [0.2, 0.25) is 0 Å². The van der Waals surface area contributed by atoms with Crippen molar-refractivity contribution in [1.82, 2.24) is 15.5 Å². The fourth-order valence-corrected chi connectivity index (χ4v) is 3.88. The molecule has 0 aliphatic carbocycles. The van der Waals surface area contributed by atoms with Crippen molar-refractivity contribution in [2.45, 2.75) is 39.0 Å². The second-order valence-corrected chi connectivity index (χ2v) is 8.48. The van der Waals surface area contributed by atoms with Crippen molar-refractivity contribution in [3.63, 3.8) is 0 Å². The number of nitrogens with one attached hydrogen (secondary N) is 2. The first-order chi connectivity index (χ1) is 15.9. The summed E-state index contributed by atoms with van der Waals surface area (Å²) in [7, 11) is 0.393. The molecule has 0 spiro atoms. The normalized spacial score (nSPS) is 14.0. The number of hydrogen-bond donors (Lipinski definition) is 2. The van der Waals surface area contributed by atoms with E-state index in [-0.39, 0.29) is 69.2 Å². The molecule has 2 N–H and O–H groups in total. The van der Waals surface area contributed by atoms with Gasteiger partial charge < -0.3 is 20.1 Å². The van der Waals surface area contributed by atoms with Crippen LogP contribution in [-0.2, 0) is 45.3 Å². The summed E-state index contributed by atoms with van der Waals surface area (Å²) in [6.07, 6.45) is 5.61. The van der Waals surface area contributed by atoms with Crippen molar-refractivity contribution in [1.29, 1.82) is 0 Å². The third-order valence-corrected chi connectivity index (χ3v) is 5.96. The lowest BCUT2D eigenvalue weighted by Gasteiger charge is -2.13. The number of ether oxygens (including phenoxy) is 2. The van der Waals surface area contributed by atoms with Gasteiger partial charge in [-0.15, -0.1) is 0 Å². The lowest BCUT2D eigenvalue weighted by atomic mass is 10.0. The molecule has 1 aliphatic heterocycles. The van der Waals surface area contributed by atoms with Crippen molar-refractivity contribution in [2.75, 3.05) is 46.1 Å². The van der Waals surface area contributed by atoms with Crippen LogP contribution in [0, 0.1) is 5.92 Å². The molecule has 0 saturated carbocycles. The van der Waals surface area contributed by atoms with Gasteiger partial charge in [-0.2, -0.15) is 0 Å². The van der Waals surface area contributed by atoms with Gasteiger partial charge in [0.05, 0.1) is 27.2 Å². The van der Waals surface area contributed by atoms with E-state index in [0.717, 1.165) is 30.6 Å². The molecule has 1 rings (SSSR count). The molecule has 10 nitrogen and oxygen atoms in total. The number of nitrogens with zero attached hydrogens (tertiary/aromatic N) is 1. The topological polar surface area (TPSA) is 131 Å². The monoisotopic (exact) mass is 501 g/mol. The SMILES string of the molecule is CCC(CCCCNC(=O)COCCOCCNC(=O)CCN1C(=O)C=CC1=O)C(=O)P=S. The maximum atomic E-state index is 11.7. The first-order valence-corrected chi connectivity index (χ1v) is 12.9. The number of unbranched alkanes of at least 4 members (excludes halogenated alkanes) is 1. The summed E-state index contributed by atoms with van der Waals surface area (Å²) in [5, 5.41) is 5.41. The van der Waals surface area contributed by atoms with Crippen molar-refractivity contribution >= 4 is 48.3 Å². The molecule has 0 aromatic carbocycles. The van der Waals surface area contributed by atoms with Gasteiger partial charge in [0.2, 0.25) is 11.8 Å². The summed E-state index contributed by atoms with van der Waals surface area (Å²) >= 11 is 4.78. The van der Waals surface area contributed by atoms with E-state index in [0.29, 0.717) is 13.9 Å². The third kappa shape index (κ3) is 12.7. The summed E-state index contributed by atoms with van der Waals surface area (Å²) in [5.74, 6) is -1.30. The number of imide groups is 1. The fourth-order valence-electron chi connectivity index (χ4n) is 2.97. The smallest absolute Gasteiger partial charge is 0.253 e. The number of hydrogen-bond acceptors (Lipinski definition) is 8. The second kappa shape index (κ2) is 17.4. The molecule has 0 bridgehead atoms. The standard InChI is InChI=1S/C21H32N3O7PS/c1-2-16(21(29)32-33)5-3-4-9-22-18(26)15-31-14-13-30-12-10-23-17(25)8-11-24-19(27)6-7-20(24)28/h6-7,16H,2-5,8-15H2,1H3,(H,22,26)(H,23,25). The lowest BCUT2D eigenvalue weighted by molar-refractivity contribution is -0.137. The predicted molar refractivity (Wildman–Crippen MR) is 125 cm³/mol. The van der Waals surface area contributed by atoms with Crippen LogP contribution in [0.5, 0.6) is 0 Å². The van der Waals surface area contributed by atoms with Gasteiger partial charge in [-0.3, -0.25) is 28.9 Å². The fraction of sp³-hybridized carbons (Fsp3) is 0.667. The molecule has 12 heteroatoms. The van der Waals surface area contributed by atoms with Crippen LogP contribution in [0.3, 0.4) is 0 Å². The van der Waals surface area contributed by atoms with Crippen LogP contribution in [-0.4, -0.2) is 80.1 Å². The minimum absolute atomic E-state index is 0.0142. The Bertz CT molecular complexity index is 715. The van der Waals surface area contributed by atoms with Crippen LogP contribution in [0.15, 0.2) is 12.2 Å². The highest BCUT2D eigenvalue weighted by Crippen LogP contribution is 2.18. The van der Waals surface area contributed by atoms with Crippen molar-refractivity contribution < 1.29 is 33.4 Å². The van der Waals surface area contributed by atoms with Gasteiger partial charge in [0.1, 0.15) is 6.61 Å². The highest BCUT2D eigenvalue weighted by Gasteiger charge is 2.23. The first-order valence-electron chi connectivity index (χ1n) is 11.0. The van der Waals surface area contributed by atoms with Gasteiger partial charge >= 0.3 is 0 Å². The van der Waals surface area contributed by atoms with E-state index in [1.165, 1.54) is 12.2 Å². The van der Waals surface area contributed by atoms with E-state index in [1.807, 2.05) is 6.92 Å². The van der Waals surface area contributed by atoms with Gasteiger partial charge in [-0.25, -0.2) is 0 Å². The van der Waals surface area contributed by atoms with E-state index in [9.17, 15) is 24.0 Å². The lowest BCUT2D eigenvalue weighted by Crippen LogP contribution is -2.35. The van der Waals surface area contributed by atoms with Crippen LogP contribution < -0.4 is 10.6 Å². The number of carbonyl (C=O) groups is 5. The number of carbonyl (C=O) groups excluding carboxylic acids is 5. The predicted octanol–water partition coefficient (Wildman–Crippen LogP) is 0.698.